The Morgan fingerprint density at radius 1 is 1.16 bits per heavy atom. The summed E-state index contributed by atoms with van der Waals surface area (Å²) in [6, 6.07) is 12.9. The average Bonchev–Trinajstić information content (AvgIpc) is 2.71. The molecule has 2 amide bonds. The van der Waals surface area contributed by atoms with Crippen LogP contribution in [0.2, 0.25) is 5.02 Å². The van der Waals surface area contributed by atoms with Crippen molar-refractivity contribution in [1.82, 2.24) is 10.2 Å². The van der Waals surface area contributed by atoms with Gasteiger partial charge in [0.25, 0.3) is 0 Å². The van der Waals surface area contributed by atoms with Crippen LogP contribution < -0.4 is 9.62 Å². The van der Waals surface area contributed by atoms with E-state index in [2.05, 4.69) is 21.2 Å². The number of halogens is 2. The number of hydrogen-bond donors (Lipinski definition) is 1. The Labute approximate surface area is 196 Å². The number of sulfonamides is 1. The van der Waals surface area contributed by atoms with Crippen molar-refractivity contribution in [3.05, 3.63) is 63.6 Å². The standard InChI is InChI=1S/C21H25BrClN3O4S/c1-4-19(21(28)24-2)25(13-15-8-5-6-11-18(15)23)20(27)14-26(31(3,29)30)17-10-7-9-16(22)12-17/h5-12,19H,4,13-14H2,1-3H3,(H,24,28). The summed E-state index contributed by atoms with van der Waals surface area (Å²) in [6.07, 6.45) is 1.39. The van der Waals surface area contributed by atoms with Crippen LogP contribution >= 0.6 is 27.5 Å². The van der Waals surface area contributed by atoms with E-state index < -0.39 is 28.5 Å². The van der Waals surface area contributed by atoms with Gasteiger partial charge in [0.1, 0.15) is 12.6 Å². The van der Waals surface area contributed by atoms with Gasteiger partial charge in [0, 0.05) is 23.1 Å². The van der Waals surface area contributed by atoms with Crippen molar-refractivity contribution >= 4 is 55.1 Å². The molecular formula is C21H25BrClN3O4S. The maximum absolute atomic E-state index is 13.4. The Morgan fingerprint density at radius 2 is 1.84 bits per heavy atom. The first kappa shape index (κ1) is 25.2. The molecule has 0 aromatic heterocycles. The average molecular weight is 531 g/mol. The van der Waals surface area contributed by atoms with Gasteiger partial charge in [-0.15, -0.1) is 0 Å². The molecule has 0 aliphatic carbocycles. The molecule has 1 atom stereocenters. The second-order valence-electron chi connectivity index (χ2n) is 6.90. The normalized spacial score (nSPS) is 12.2. The molecule has 2 aromatic rings. The van der Waals surface area contributed by atoms with Gasteiger partial charge in [-0.05, 0) is 36.2 Å². The Morgan fingerprint density at radius 3 is 2.39 bits per heavy atom. The molecule has 10 heteroatoms. The third-order valence-corrected chi connectivity index (χ3v) is 6.71. The summed E-state index contributed by atoms with van der Waals surface area (Å²) in [7, 11) is -2.27. The van der Waals surface area contributed by atoms with Crippen molar-refractivity contribution in [3.63, 3.8) is 0 Å². The molecule has 7 nitrogen and oxygen atoms in total. The lowest BCUT2D eigenvalue weighted by molar-refractivity contribution is -0.140. The summed E-state index contributed by atoms with van der Waals surface area (Å²) < 4.78 is 26.7. The van der Waals surface area contributed by atoms with E-state index in [9.17, 15) is 18.0 Å². The molecule has 0 saturated carbocycles. The number of hydrogen-bond acceptors (Lipinski definition) is 4. The number of likely N-dealkylation sites (N-methyl/N-ethyl adjacent to an activating group) is 1. The summed E-state index contributed by atoms with van der Waals surface area (Å²) in [6.45, 7) is 1.41. The quantitative estimate of drug-likeness (QED) is 0.538. The number of carbonyl (C=O) groups excluding carboxylic acids is 2. The molecule has 2 aromatic carbocycles. The molecule has 0 bridgehead atoms. The van der Waals surface area contributed by atoms with E-state index in [0.29, 0.717) is 27.2 Å². The van der Waals surface area contributed by atoms with Crippen LogP contribution in [0.25, 0.3) is 0 Å². The van der Waals surface area contributed by atoms with Gasteiger partial charge in [0.05, 0.1) is 11.9 Å². The summed E-state index contributed by atoms with van der Waals surface area (Å²) in [5.74, 6) is -0.850. The molecule has 31 heavy (non-hydrogen) atoms. The van der Waals surface area contributed by atoms with E-state index in [1.807, 2.05) is 0 Å². The third kappa shape index (κ3) is 6.69. The molecule has 1 N–H and O–H groups in total. The van der Waals surface area contributed by atoms with Crippen molar-refractivity contribution in [2.75, 3.05) is 24.2 Å². The highest BCUT2D eigenvalue weighted by molar-refractivity contribution is 9.10. The van der Waals surface area contributed by atoms with Crippen LogP contribution in [0.1, 0.15) is 18.9 Å². The van der Waals surface area contributed by atoms with Crippen LogP contribution in [0.15, 0.2) is 53.0 Å². The minimum absolute atomic E-state index is 0.0700. The minimum Gasteiger partial charge on any atom is -0.357 e. The second kappa shape index (κ2) is 11.0. The largest absolute Gasteiger partial charge is 0.357 e. The van der Waals surface area contributed by atoms with Crippen LogP contribution in [-0.2, 0) is 26.2 Å². The molecule has 0 spiro atoms. The lowest BCUT2D eigenvalue weighted by Gasteiger charge is -2.32. The lowest BCUT2D eigenvalue weighted by Crippen LogP contribution is -2.51. The first-order valence-corrected chi connectivity index (χ1v) is 12.6. The predicted octanol–water partition coefficient (Wildman–Crippen LogP) is 3.42. The summed E-state index contributed by atoms with van der Waals surface area (Å²) in [4.78, 5) is 27.2. The molecule has 1 unspecified atom stereocenters. The van der Waals surface area contributed by atoms with Gasteiger partial charge >= 0.3 is 0 Å². The summed E-state index contributed by atoms with van der Waals surface area (Å²) in [5, 5.41) is 3.03. The lowest BCUT2D eigenvalue weighted by atomic mass is 10.1. The van der Waals surface area contributed by atoms with E-state index in [1.54, 1.807) is 55.5 Å². The Hall–Kier alpha value is -2.10. The highest BCUT2D eigenvalue weighted by Gasteiger charge is 2.31. The van der Waals surface area contributed by atoms with Crippen LogP contribution in [0.3, 0.4) is 0 Å². The van der Waals surface area contributed by atoms with Crippen molar-refractivity contribution in [1.29, 1.82) is 0 Å². The van der Waals surface area contributed by atoms with E-state index in [0.717, 1.165) is 10.6 Å². The number of benzene rings is 2. The first-order chi connectivity index (χ1) is 14.6. The summed E-state index contributed by atoms with van der Waals surface area (Å²) in [5.41, 5.74) is 1.00. The molecule has 0 saturated heterocycles. The van der Waals surface area contributed by atoms with Gasteiger partial charge in [-0.1, -0.05) is 58.7 Å². The molecule has 0 radical (unpaired) electrons. The van der Waals surface area contributed by atoms with Crippen molar-refractivity contribution in [2.45, 2.75) is 25.9 Å². The van der Waals surface area contributed by atoms with E-state index in [1.165, 1.54) is 11.9 Å². The number of amides is 2. The molecule has 0 aliphatic rings. The maximum atomic E-state index is 13.4. The van der Waals surface area contributed by atoms with Crippen molar-refractivity contribution < 1.29 is 18.0 Å². The van der Waals surface area contributed by atoms with Crippen LogP contribution in [-0.4, -0.2) is 51.0 Å². The zero-order chi connectivity index (χ0) is 23.2. The number of rotatable bonds is 9. The fourth-order valence-electron chi connectivity index (χ4n) is 3.14. The molecule has 0 heterocycles. The number of nitrogens with one attached hydrogen (secondary N) is 1. The molecular weight excluding hydrogens is 506 g/mol. The van der Waals surface area contributed by atoms with Gasteiger partial charge in [-0.25, -0.2) is 8.42 Å². The highest BCUT2D eigenvalue weighted by Crippen LogP contribution is 2.24. The van der Waals surface area contributed by atoms with Gasteiger partial charge in [-0.3, -0.25) is 13.9 Å². The van der Waals surface area contributed by atoms with Crippen LogP contribution in [0.4, 0.5) is 5.69 Å². The van der Waals surface area contributed by atoms with E-state index in [-0.39, 0.29) is 12.5 Å². The topological polar surface area (TPSA) is 86.8 Å². The van der Waals surface area contributed by atoms with Crippen molar-refractivity contribution in [3.8, 4) is 0 Å². The van der Waals surface area contributed by atoms with Gasteiger partial charge < -0.3 is 10.2 Å². The van der Waals surface area contributed by atoms with Crippen molar-refractivity contribution in [2.24, 2.45) is 0 Å². The Bertz CT molecular complexity index is 1050. The molecule has 0 aliphatic heterocycles. The maximum Gasteiger partial charge on any atom is 0.244 e. The zero-order valence-electron chi connectivity index (χ0n) is 17.5. The fourth-order valence-corrected chi connectivity index (χ4v) is 4.57. The van der Waals surface area contributed by atoms with Gasteiger partial charge in [0.15, 0.2) is 0 Å². The SMILES string of the molecule is CCC(C(=O)NC)N(Cc1ccccc1Cl)C(=O)CN(c1cccc(Br)c1)S(C)(=O)=O. The highest BCUT2D eigenvalue weighted by atomic mass is 79.9. The minimum atomic E-state index is -3.76. The van der Waals surface area contributed by atoms with Gasteiger partial charge in [-0.2, -0.15) is 0 Å². The second-order valence-corrected chi connectivity index (χ2v) is 10.1. The summed E-state index contributed by atoms with van der Waals surface area (Å²) >= 11 is 9.60. The molecule has 168 valence electrons. The number of anilines is 1. The van der Waals surface area contributed by atoms with E-state index in [4.69, 9.17) is 11.6 Å². The Balaban J connectivity index is 2.44. The Kier molecular flexibility index (Phi) is 8.90. The zero-order valence-corrected chi connectivity index (χ0v) is 20.7. The first-order valence-electron chi connectivity index (χ1n) is 9.56. The molecule has 0 fully saturated rings. The van der Waals surface area contributed by atoms with Crippen LogP contribution in [0, 0.1) is 0 Å². The molecule has 2 rings (SSSR count). The predicted molar refractivity (Wildman–Crippen MR) is 126 cm³/mol. The number of nitrogens with zero attached hydrogens (tertiary/aromatic N) is 2. The van der Waals surface area contributed by atoms with E-state index >= 15 is 0 Å². The van der Waals surface area contributed by atoms with Crippen LogP contribution in [0.5, 0.6) is 0 Å². The monoisotopic (exact) mass is 529 g/mol. The number of carbonyl (C=O) groups is 2. The smallest absolute Gasteiger partial charge is 0.244 e. The third-order valence-electron chi connectivity index (χ3n) is 4.71. The fraction of sp³-hybridized carbons (Fsp3) is 0.333. The van der Waals surface area contributed by atoms with Gasteiger partial charge in [0.2, 0.25) is 21.8 Å².